The Bertz CT molecular complexity index is 503. The summed E-state index contributed by atoms with van der Waals surface area (Å²) < 4.78 is 0.749. The predicted molar refractivity (Wildman–Crippen MR) is 62.8 cm³/mol. The number of hydrogen-bond donors (Lipinski definition) is 1. The van der Waals surface area contributed by atoms with E-state index in [2.05, 4.69) is 28.9 Å². The van der Waals surface area contributed by atoms with Gasteiger partial charge in [0, 0.05) is 5.39 Å². The topological polar surface area (TPSA) is 20.2 Å². The van der Waals surface area contributed by atoms with Crippen LogP contribution in [0.2, 0.25) is 0 Å². The van der Waals surface area contributed by atoms with E-state index in [1.807, 2.05) is 25.1 Å². The van der Waals surface area contributed by atoms with Gasteiger partial charge in [-0.25, -0.2) is 0 Å². The summed E-state index contributed by atoms with van der Waals surface area (Å²) in [4.78, 5) is 0. The fourth-order valence-corrected chi connectivity index (χ4v) is 2.05. The monoisotopic (exact) mass is 250 g/mol. The summed E-state index contributed by atoms with van der Waals surface area (Å²) in [5.41, 5.74) is 2.29. The van der Waals surface area contributed by atoms with Crippen LogP contribution in [-0.4, -0.2) is 5.11 Å². The van der Waals surface area contributed by atoms with Gasteiger partial charge in [-0.2, -0.15) is 0 Å². The standard InChI is InChI=1S/C12H11BrO/c1-7-3-4-8(2)11-9(7)5-6-10(13)12(11)14/h3-6,14H,1-2H3. The lowest BCUT2D eigenvalue weighted by Crippen LogP contribution is -1.84. The van der Waals surface area contributed by atoms with Crippen LogP contribution in [0.15, 0.2) is 28.7 Å². The number of aromatic hydroxyl groups is 1. The smallest absolute Gasteiger partial charge is 0.137 e. The lowest BCUT2D eigenvalue weighted by molar-refractivity contribution is 0.478. The molecule has 2 aromatic rings. The second-order valence-corrected chi connectivity index (χ2v) is 4.37. The third kappa shape index (κ3) is 1.30. The van der Waals surface area contributed by atoms with Crippen molar-refractivity contribution in [2.24, 2.45) is 0 Å². The second-order valence-electron chi connectivity index (χ2n) is 3.52. The van der Waals surface area contributed by atoms with Crippen molar-refractivity contribution in [3.05, 3.63) is 39.9 Å². The summed E-state index contributed by atoms with van der Waals surface area (Å²) in [6.07, 6.45) is 0. The first kappa shape index (κ1) is 9.53. The third-order valence-electron chi connectivity index (χ3n) is 2.53. The van der Waals surface area contributed by atoms with Gasteiger partial charge in [-0.1, -0.05) is 18.2 Å². The Hall–Kier alpha value is -1.02. The fourth-order valence-electron chi connectivity index (χ4n) is 1.72. The summed E-state index contributed by atoms with van der Waals surface area (Å²) in [6.45, 7) is 4.06. The molecule has 14 heavy (non-hydrogen) atoms. The summed E-state index contributed by atoms with van der Waals surface area (Å²) in [6, 6.07) is 8.01. The molecule has 0 aliphatic carbocycles. The molecule has 0 bridgehead atoms. The highest BCUT2D eigenvalue weighted by molar-refractivity contribution is 9.10. The molecule has 1 nitrogen and oxygen atoms in total. The van der Waals surface area contributed by atoms with Gasteiger partial charge in [0.25, 0.3) is 0 Å². The van der Waals surface area contributed by atoms with E-state index in [4.69, 9.17) is 0 Å². The molecule has 0 unspecified atom stereocenters. The molecule has 72 valence electrons. The van der Waals surface area contributed by atoms with E-state index in [9.17, 15) is 5.11 Å². The van der Waals surface area contributed by atoms with E-state index in [0.29, 0.717) is 5.75 Å². The van der Waals surface area contributed by atoms with Crippen molar-refractivity contribution >= 4 is 26.7 Å². The molecule has 0 amide bonds. The third-order valence-corrected chi connectivity index (χ3v) is 3.17. The molecule has 0 spiro atoms. The number of fused-ring (bicyclic) bond motifs is 1. The molecule has 2 rings (SSSR count). The molecule has 1 N–H and O–H groups in total. The van der Waals surface area contributed by atoms with Crippen LogP contribution in [0.25, 0.3) is 10.8 Å². The predicted octanol–water partition coefficient (Wildman–Crippen LogP) is 3.92. The minimum atomic E-state index is 0.337. The molecule has 0 radical (unpaired) electrons. The zero-order chi connectivity index (χ0) is 10.3. The number of halogens is 1. The van der Waals surface area contributed by atoms with Crippen LogP contribution in [0.4, 0.5) is 0 Å². The first-order valence-electron chi connectivity index (χ1n) is 4.48. The SMILES string of the molecule is Cc1ccc(C)c2c(O)c(Br)ccc12. The van der Waals surface area contributed by atoms with Crippen molar-refractivity contribution in [2.75, 3.05) is 0 Å². The number of phenolic OH excluding ortho intramolecular Hbond substituents is 1. The summed E-state index contributed by atoms with van der Waals surface area (Å²) in [5.74, 6) is 0.337. The molecule has 0 aromatic heterocycles. The van der Waals surface area contributed by atoms with Gasteiger partial charge >= 0.3 is 0 Å². The van der Waals surface area contributed by atoms with Crippen LogP contribution in [-0.2, 0) is 0 Å². The Balaban J connectivity index is 3.01. The Morgan fingerprint density at radius 2 is 1.64 bits per heavy atom. The highest BCUT2D eigenvalue weighted by Gasteiger charge is 2.07. The number of rotatable bonds is 0. The van der Waals surface area contributed by atoms with E-state index >= 15 is 0 Å². The van der Waals surface area contributed by atoms with Crippen LogP contribution >= 0.6 is 15.9 Å². The highest BCUT2D eigenvalue weighted by Crippen LogP contribution is 2.35. The molecule has 0 atom stereocenters. The van der Waals surface area contributed by atoms with Crippen LogP contribution in [0, 0.1) is 13.8 Å². The molecule has 0 heterocycles. The minimum absolute atomic E-state index is 0.337. The lowest BCUT2D eigenvalue weighted by Gasteiger charge is -2.08. The van der Waals surface area contributed by atoms with Crippen LogP contribution in [0.5, 0.6) is 5.75 Å². The van der Waals surface area contributed by atoms with Crippen LogP contribution in [0.3, 0.4) is 0 Å². The molecule has 0 aliphatic heterocycles. The van der Waals surface area contributed by atoms with E-state index in [0.717, 1.165) is 20.8 Å². The van der Waals surface area contributed by atoms with Gasteiger partial charge in [0.05, 0.1) is 4.47 Å². The van der Waals surface area contributed by atoms with Gasteiger partial charge < -0.3 is 5.11 Å². The van der Waals surface area contributed by atoms with Gasteiger partial charge in [-0.3, -0.25) is 0 Å². The fraction of sp³-hybridized carbons (Fsp3) is 0.167. The summed E-state index contributed by atoms with van der Waals surface area (Å²) in [7, 11) is 0. The van der Waals surface area contributed by atoms with E-state index in [1.54, 1.807) is 0 Å². The van der Waals surface area contributed by atoms with Crippen molar-refractivity contribution in [3.63, 3.8) is 0 Å². The average Bonchev–Trinajstić information content (AvgIpc) is 2.16. The Morgan fingerprint density at radius 1 is 1.00 bits per heavy atom. The average molecular weight is 251 g/mol. The number of phenols is 1. The van der Waals surface area contributed by atoms with Gasteiger partial charge in [-0.05, 0) is 52.4 Å². The number of benzene rings is 2. The van der Waals surface area contributed by atoms with Crippen LogP contribution < -0.4 is 0 Å². The first-order valence-corrected chi connectivity index (χ1v) is 5.28. The van der Waals surface area contributed by atoms with Gasteiger partial charge in [0.2, 0.25) is 0 Å². The molecule has 0 aliphatic rings. The maximum absolute atomic E-state index is 9.92. The quantitative estimate of drug-likeness (QED) is 0.752. The van der Waals surface area contributed by atoms with Gasteiger partial charge in [-0.15, -0.1) is 0 Å². The zero-order valence-corrected chi connectivity index (χ0v) is 9.72. The largest absolute Gasteiger partial charge is 0.506 e. The zero-order valence-electron chi connectivity index (χ0n) is 8.13. The second kappa shape index (κ2) is 3.28. The molecule has 2 heteroatoms. The normalized spacial score (nSPS) is 10.8. The lowest BCUT2D eigenvalue weighted by atomic mass is 10.0. The first-order chi connectivity index (χ1) is 6.61. The van der Waals surface area contributed by atoms with Gasteiger partial charge in [0.1, 0.15) is 5.75 Å². The maximum Gasteiger partial charge on any atom is 0.137 e. The van der Waals surface area contributed by atoms with E-state index in [-0.39, 0.29) is 0 Å². The molecule has 2 aromatic carbocycles. The van der Waals surface area contributed by atoms with Crippen molar-refractivity contribution in [2.45, 2.75) is 13.8 Å². The number of aryl methyl sites for hydroxylation is 2. The van der Waals surface area contributed by atoms with Crippen molar-refractivity contribution < 1.29 is 5.11 Å². The molecule has 0 saturated heterocycles. The van der Waals surface area contributed by atoms with E-state index < -0.39 is 0 Å². The van der Waals surface area contributed by atoms with Gasteiger partial charge in [0.15, 0.2) is 0 Å². The molecule has 0 fully saturated rings. The summed E-state index contributed by atoms with van der Waals surface area (Å²) in [5, 5.41) is 12.0. The minimum Gasteiger partial charge on any atom is -0.506 e. The maximum atomic E-state index is 9.92. The Labute approximate surface area is 91.5 Å². The molecular formula is C12H11BrO. The Kier molecular flexibility index (Phi) is 2.23. The summed E-state index contributed by atoms with van der Waals surface area (Å²) >= 11 is 3.33. The highest BCUT2D eigenvalue weighted by atomic mass is 79.9. The molecule has 0 saturated carbocycles. The van der Waals surface area contributed by atoms with E-state index in [1.165, 1.54) is 5.56 Å². The van der Waals surface area contributed by atoms with Crippen molar-refractivity contribution in [3.8, 4) is 5.75 Å². The van der Waals surface area contributed by atoms with Crippen molar-refractivity contribution in [1.29, 1.82) is 0 Å². The number of hydrogen-bond acceptors (Lipinski definition) is 1. The molecular weight excluding hydrogens is 240 g/mol. The van der Waals surface area contributed by atoms with Crippen molar-refractivity contribution in [1.82, 2.24) is 0 Å². The Morgan fingerprint density at radius 3 is 2.36 bits per heavy atom. The van der Waals surface area contributed by atoms with Crippen LogP contribution in [0.1, 0.15) is 11.1 Å².